The predicted octanol–water partition coefficient (Wildman–Crippen LogP) is 5.46. The van der Waals surface area contributed by atoms with Crippen LogP contribution in [-0.4, -0.2) is 20.1 Å². The lowest BCUT2D eigenvalue weighted by atomic mass is 10.0. The van der Waals surface area contributed by atoms with Gasteiger partial charge in [-0.25, -0.2) is 0 Å². The Hall–Kier alpha value is -3.47. The molecule has 0 aliphatic rings. The van der Waals surface area contributed by atoms with Gasteiger partial charge in [0.1, 0.15) is 23.9 Å². The molecule has 1 N–H and O–H groups in total. The molecule has 30 heavy (non-hydrogen) atoms. The summed E-state index contributed by atoms with van der Waals surface area (Å²) in [6, 6.07) is 16.8. The molecule has 0 aliphatic carbocycles. The first-order chi connectivity index (χ1) is 14.4. The molecule has 0 spiro atoms. The molecule has 0 atom stereocenters. The number of hydrogen-bond acceptors (Lipinski definition) is 4. The molecular formula is C25H27NO4. The molecule has 0 aliphatic heterocycles. The molecule has 3 rings (SSSR count). The molecule has 0 fully saturated rings. The van der Waals surface area contributed by atoms with Gasteiger partial charge in [0.05, 0.1) is 14.2 Å². The molecule has 3 aromatic carbocycles. The molecule has 5 nitrogen and oxygen atoms in total. The topological polar surface area (TPSA) is 56.8 Å². The van der Waals surface area contributed by atoms with Gasteiger partial charge in [-0.3, -0.25) is 4.79 Å². The van der Waals surface area contributed by atoms with Crippen molar-refractivity contribution in [1.82, 2.24) is 0 Å². The third-order valence-electron chi connectivity index (χ3n) is 4.91. The van der Waals surface area contributed by atoms with Crippen molar-refractivity contribution in [1.29, 1.82) is 0 Å². The molecule has 0 saturated heterocycles. The number of aryl methyl sites for hydroxylation is 3. The second-order valence-electron chi connectivity index (χ2n) is 7.22. The fourth-order valence-electron chi connectivity index (χ4n) is 3.43. The number of methoxy groups -OCH3 is 2. The third-order valence-corrected chi connectivity index (χ3v) is 4.91. The minimum Gasteiger partial charge on any atom is -0.497 e. The van der Waals surface area contributed by atoms with Crippen LogP contribution in [-0.2, 0) is 6.61 Å². The Kier molecular flexibility index (Phi) is 6.62. The molecule has 0 heterocycles. The van der Waals surface area contributed by atoms with E-state index in [-0.39, 0.29) is 12.5 Å². The largest absolute Gasteiger partial charge is 0.497 e. The number of rotatable bonds is 7. The maximum absolute atomic E-state index is 12.9. The molecule has 0 bridgehead atoms. The van der Waals surface area contributed by atoms with Gasteiger partial charge in [0.15, 0.2) is 0 Å². The number of benzene rings is 3. The van der Waals surface area contributed by atoms with Crippen molar-refractivity contribution in [2.45, 2.75) is 27.4 Å². The summed E-state index contributed by atoms with van der Waals surface area (Å²) < 4.78 is 16.5. The van der Waals surface area contributed by atoms with E-state index in [2.05, 4.69) is 17.4 Å². The molecule has 1 amide bonds. The highest BCUT2D eigenvalue weighted by Gasteiger charge is 2.14. The van der Waals surface area contributed by atoms with Crippen LogP contribution in [0.2, 0.25) is 0 Å². The van der Waals surface area contributed by atoms with E-state index in [1.54, 1.807) is 32.4 Å². The van der Waals surface area contributed by atoms with Crippen LogP contribution in [0.3, 0.4) is 0 Å². The summed E-state index contributed by atoms with van der Waals surface area (Å²) in [4.78, 5) is 12.9. The highest BCUT2D eigenvalue weighted by atomic mass is 16.5. The average molecular weight is 405 g/mol. The van der Waals surface area contributed by atoms with E-state index >= 15 is 0 Å². The van der Waals surface area contributed by atoms with E-state index in [0.29, 0.717) is 17.1 Å². The Morgan fingerprint density at radius 2 is 1.47 bits per heavy atom. The molecule has 0 radical (unpaired) electrons. The lowest BCUT2D eigenvalue weighted by molar-refractivity contribution is 0.102. The number of anilines is 1. The normalized spacial score (nSPS) is 10.4. The van der Waals surface area contributed by atoms with Gasteiger partial charge in [-0.05, 0) is 74.4 Å². The summed E-state index contributed by atoms with van der Waals surface area (Å²) in [5.41, 5.74) is 5.43. The predicted molar refractivity (Wildman–Crippen MR) is 119 cm³/mol. The monoisotopic (exact) mass is 405 g/mol. The average Bonchev–Trinajstić information content (AvgIpc) is 2.74. The van der Waals surface area contributed by atoms with Crippen LogP contribution in [0, 0.1) is 20.8 Å². The molecule has 156 valence electrons. The molecule has 5 heteroatoms. The van der Waals surface area contributed by atoms with Gasteiger partial charge in [-0.1, -0.05) is 17.7 Å². The highest BCUT2D eigenvalue weighted by Crippen LogP contribution is 2.26. The van der Waals surface area contributed by atoms with Crippen LogP contribution in [0.4, 0.5) is 5.69 Å². The summed E-state index contributed by atoms with van der Waals surface area (Å²) in [5, 5.41) is 3.04. The van der Waals surface area contributed by atoms with Crippen LogP contribution >= 0.6 is 0 Å². The van der Waals surface area contributed by atoms with E-state index in [0.717, 1.165) is 28.1 Å². The summed E-state index contributed by atoms with van der Waals surface area (Å²) in [6.07, 6.45) is 0. The van der Waals surface area contributed by atoms with E-state index < -0.39 is 0 Å². The zero-order valence-electron chi connectivity index (χ0n) is 18.0. The number of ether oxygens (including phenoxy) is 3. The van der Waals surface area contributed by atoms with Gasteiger partial charge in [0, 0.05) is 16.8 Å². The molecule has 3 aromatic rings. The van der Waals surface area contributed by atoms with Crippen LogP contribution in [0.1, 0.15) is 32.6 Å². The number of hydrogen-bond donors (Lipinski definition) is 1. The minimum absolute atomic E-state index is 0.168. The lowest BCUT2D eigenvalue weighted by Gasteiger charge is -2.15. The van der Waals surface area contributed by atoms with Crippen molar-refractivity contribution in [3.8, 4) is 17.2 Å². The SMILES string of the molecule is COc1ccc(OCc2cc(C(=O)Nc3c(C)cc(C)cc3C)ccc2OC)cc1. The summed E-state index contributed by atoms with van der Waals surface area (Å²) in [5.74, 6) is 1.97. The fraction of sp³-hybridized carbons (Fsp3) is 0.240. The maximum atomic E-state index is 12.9. The van der Waals surface area contributed by atoms with Crippen LogP contribution in [0.15, 0.2) is 54.6 Å². The first-order valence-electron chi connectivity index (χ1n) is 9.74. The summed E-state index contributed by atoms with van der Waals surface area (Å²) >= 11 is 0. The second-order valence-corrected chi connectivity index (χ2v) is 7.22. The van der Waals surface area contributed by atoms with E-state index in [1.165, 1.54) is 5.56 Å². The smallest absolute Gasteiger partial charge is 0.255 e. The van der Waals surface area contributed by atoms with Crippen molar-refractivity contribution in [2.75, 3.05) is 19.5 Å². The van der Waals surface area contributed by atoms with Gasteiger partial charge in [-0.15, -0.1) is 0 Å². The Bertz CT molecular complexity index is 1020. The Balaban J connectivity index is 1.78. The van der Waals surface area contributed by atoms with E-state index in [4.69, 9.17) is 14.2 Å². The number of carbonyl (C=O) groups is 1. The summed E-state index contributed by atoms with van der Waals surface area (Å²) in [6.45, 7) is 6.32. The zero-order chi connectivity index (χ0) is 21.7. The number of nitrogens with one attached hydrogen (secondary N) is 1. The second kappa shape index (κ2) is 9.35. The molecular weight excluding hydrogens is 378 g/mol. The van der Waals surface area contributed by atoms with Gasteiger partial charge in [0.2, 0.25) is 0 Å². The molecule has 0 saturated carbocycles. The zero-order valence-corrected chi connectivity index (χ0v) is 18.0. The number of amides is 1. The van der Waals surface area contributed by atoms with Crippen LogP contribution in [0.5, 0.6) is 17.2 Å². The fourth-order valence-corrected chi connectivity index (χ4v) is 3.43. The third kappa shape index (κ3) is 4.92. The minimum atomic E-state index is -0.168. The molecule has 0 aromatic heterocycles. The standard InChI is InChI=1S/C25H27NO4/c1-16-12-17(2)24(18(3)13-16)26-25(27)19-6-11-23(29-5)20(14-19)15-30-22-9-7-21(28-4)8-10-22/h6-14H,15H2,1-5H3,(H,26,27). The first-order valence-corrected chi connectivity index (χ1v) is 9.74. The van der Waals surface area contributed by atoms with Crippen molar-refractivity contribution in [2.24, 2.45) is 0 Å². The van der Waals surface area contributed by atoms with Crippen molar-refractivity contribution < 1.29 is 19.0 Å². The van der Waals surface area contributed by atoms with Crippen LogP contribution < -0.4 is 19.5 Å². The van der Waals surface area contributed by atoms with Crippen LogP contribution in [0.25, 0.3) is 0 Å². The maximum Gasteiger partial charge on any atom is 0.255 e. The Morgan fingerprint density at radius 3 is 2.07 bits per heavy atom. The van der Waals surface area contributed by atoms with Gasteiger partial charge in [0.25, 0.3) is 5.91 Å². The van der Waals surface area contributed by atoms with Crippen molar-refractivity contribution >= 4 is 11.6 Å². The van der Waals surface area contributed by atoms with Crippen molar-refractivity contribution in [3.63, 3.8) is 0 Å². The lowest BCUT2D eigenvalue weighted by Crippen LogP contribution is -2.14. The first kappa shape index (κ1) is 21.2. The van der Waals surface area contributed by atoms with Gasteiger partial charge in [-0.2, -0.15) is 0 Å². The Morgan fingerprint density at radius 1 is 0.833 bits per heavy atom. The molecule has 0 unspecified atom stereocenters. The Labute approximate surface area is 177 Å². The van der Waals surface area contributed by atoms with Gasteiger partial charge < -0.3 is 19.5 Å². The van der Waals surface area contributed by atoms with E-state index in [9.17, 15) is 4.79 Å². The van der Waals surface area contributed by atoms with Crippen molar-refractivity contribution in [3.05, 3.63) is 82.4 Å². The number of carbonyl (C=O) groups excluding carboxylic acids is 1. The summed E-state index contributed by atoms with van der Waals surface area (Å²) in [7, 11) is 3.22. The van der Waals surface area contributed by atoms with E-state index in [1.807, 2.05) is 45.0 Å². The van der Waals surface area contributed by atoms with Gasteiger partial charge >= 0.3 is 0 Å². The quantitative estimate of drug-likeness (QED) is 0.567. The highest BCUT2D eigenvalue weighted by molar-refractivity contribution is 6.05.